The minimum Gasteiger partial charge on any atom is -0.481 e. The third-order valence-electron chi connectivity index (χ3n) is 4.17. The molecule has 11 heteroatoms. The lowest BCUT2D eigenvalue weighted by Crippen LogP contribution is -2.45. The van der Waals surface area contributed by atoms with Crippen LogP contribution < -0.4 is 0 Å². The minimum absolute atomic E-state index is 0.118. The summed E-state index contributed by atoms with van der Waals surface area (Å²) >= 11 is 0. The summed E-state index contributed by atoms with van der Waals surface area (Å²) in [6, 6.07) is 0. The summed E-state index contributed by atoms with van der Waals surface area (Å²) in [6.45, 7) is 9.36. The molecule has 0 aromatic rings. The molecule has 0 saturated heterocycles. The van der Waals surface area contributed by atoms with Gasteiger partial charge in [0.15, 0.2) is 5.60 Å². The molecule has 0 bridgehead atoms. The number of carboxylic acid groups (broad SMARTS) is 2. The topological polar surface area (TPSA) is 174 Å². The number of aliphatic carboxylic acids is 2. The van der Waals surface area contributed by atoms with Gasteiger partial charge in [-0.1, -0.05) is 46.6 Å². The molecule has 34 heavy (non-hydrogen) atoms. The van der Waals surface area contributed by atoms with Crippen molar-refractivity contribution in [3.63, 3.8) is 0 Å². The zero-order valence-corrected chi connectivity index (χ0v) is 20.3. The van der Waals surface area contributed by atoms with Gasteiger partial charge in [0.1, 0.15) is 0 Å². The Morgan fingerprint density at radius 1 is 0.735 bits per heavy atom. The fraction of sp³-hybridized carbons (Fsp3) is 0.696. The van der Waals surface area contributed by atoms with Gasteiger partial charge in [-0.05, 0) is 19.3 Å². The van der Waals surface area contributed by atoms with E-state index in [4.69, 9.17) is 24.4 Å². The highest BCUT2D eigenvalue weighted by molar-refractivity contribution is 5.91. The van der Waals surface area contributed by atoms with E-state index in [2.05, 4.69) is 6.58 Å². The van der Waals surface area contributed by atoms with E-state index in [9.17, 15) is 29.1 Å². The van der Waals surface area contributed by atoms with Crippen molar-refractivity contribution in [2.75, 3.05) is 19.8 Å². The zero-order chi connectivity index (χ0) is 26.6. The summed E-state index contributed by atoms with van der Waals surface area (Å²) in [6.07, 6.45) is 2.73. The first-order chi connectivity index (χ1) is 15.9. The average Bonchev–Trinajstić information content (AvgIpc) is 2.74. The molecule has 196 valence electrons. The van der Waals surface area contributed by atoms with Crippen LogP contribution in [0.1, 0.15) is 78.6 Å². The van der Waals surface area contributed by atoms with E-state index >= 15 is 0 Å². The van der Waals surface area contributed by atoms with Crippen LogP contribution in [0.4, 0.5) is 0 Å². The molecule has 0 atom stereocenters. The molecule has 0 aromatic carbocycles. The molecule has 0 aliphatic rings. The van der Waals surface area contributed by atoms with Crippen molar-refractivity contribution >= 4 is 29.8 Å². The lowest BCUT2D eigenvalue weighted by Gasteiger charge is -2.24. The van der Waals surface area contributed by atoms with Crippen molar-refractivity contribution in [3.05, 3.63) is 12.2 Å². The number of carboxylic acids is 2. The molecule has 0 aliphatic heterocycles. The second-order valence-electron chi connectivity index (χ2n) is 7.50. The Kier molecular flexibility index (Phi) is 19.1. The van der Waals surface area contributed by atoms with Crippen molar-refractivity contribution in [3.8, 4) is 0 Å². The number of carbonyl (C=O) groups excluding carboxylic acids is 3. The molecular weight excluding hydrogens is 452 g/mol. The van der Waals surface area contributed by atoms with Gasteiger partial charge in [0.25, 0.3) is 0 Å². The normalized spacial score (nSPS) is 10.4. The average molecular weight is 491 g/mol. The quantitative estimate of drug-likeness (QED) is 0.118. The molecule has 0 spiro atoms. The van der Waals surface area contributed by atoms with Crippen LogP contribution in [0, 0.1) is 0 Å². The van der Waals surface area contributed by atoms with Crippen molar-refractivity contribution in [1.29, 1.82) is 0 Å². The summed E-state index contributed by atoms with van der Waals surface area (Å²) in [7, 11) is 0. The van der Waals surface area contributed by atoms with Crippen LogP contribution in [0.3, 0.4) is 0 Å². The molecular formula is C23H38O11. The first-order valence-corrected chi connectivity index (χ1v) is 11.3. The Bertz CT molecular complexity index is 646. The lowest BCUT2D eigenvalue weighted by atomic mass is 9.95. The molecule has 0 aliphatic carbocycles. The van der Waals surface area contributed by atoms with E-state index in [1.54, 1.807) is 0 Å². The van der Waals surface area contributed by atoms with Crippen LogP contribution in [0.15, 0.2) is 12.2 Å². The van der Waals surface area contributed by atoms with Crippen molar-refractivity contribution in [1.82, 2.24) is 0 Å². The smallest absolute Gasteiger partial charge is 0.339 e. The lowest BCUT2D eigenvalue weighted by molar-refractivity contribution is -0.178. The molecule has 3 N–H and O–H groups in total. The Labute approximate surface area is 200 Å². The molecule has 0 amide bonds. The third-order valence-corrected chi connectivity index (χ3v) is 4.17. The molecule has 0 saturated carbocycles. The number of esters is 3. The molecule has 0 heterocycles. The SMILES string of the molecule is C=C(CC(=O)O)C(=O)O.CCCCOC(=O)CC(O)(CC(=O)OCCCC)C(=O)OCCCC. The summed E-state index contributed by atoms with van der Waals surface area (Å²) in [5, 5.41) is 26.6. The van der Waals surface area contributed by atoms with Gasteiger partial charge in [0.05, 0.1) is 39.1 Å². The Balaban J connectivity index is 0. The zero-order valence-electron chi connectivity index (χ0n) is 20.3. The molecule has 0 fully saturated rings. The Morgan fingerprint density at radius 2 is 1.12 bits per heavy atom. The van der Waals surface area contributed by atoms with Gasteiger partial charge in [-0.3, -0.25) is 14.4 Å². The highest BCUT2D eigenvalue weighted by atomic mass is 16.6. The number of hydrogen-bond donors (Lipinski definition) is 3. The van der Waals surface area contributed by atoms with Crippen LogP contribution >= 0.6 is 0 Å². The van der Waals surface area contributed by atoms with E-state index < -0.39 is 54.7 Å². The van der Waals surface area contributed by atoms with Crippen LogP contribution in [0.2, 0.25) is 0 Å². The highest BCUT2D eigenvalue weighted by Crippen LogP contribution is 2.20. The summed E-state index contributed by atoms with van der Waals surface area (Å²) < 4.78 is 14.9. The molecule has 0 aromatic heterocycles. The maximum atomic E-state index is 12.2. The van der Waals surface area contributed by atoms with Crippen LogP contribution in [-0.4, -0.2) is 70.6 Å². The standard InChI is InChI=1S/C18H32O7.C5H6O4/c1-4-7-10-23-15(19)13-18(22,17(21)25-12-9-6-3)14-16(20)24-11-8-5-2;1-3(5(8)9)2-4(6)7/h22H,4-14H2,1-3H3;1-2H2,(H,6,7)(H,8,9). The van der Waals surface area contributed by atoms with Crippen molar-refractivity contribution < 1.29 is 53.5 Å². The van der Waals surface area contributed by atoms with Gasteiger partial charge >= 0.3 is 29.8 Å². The molecule has 0 rings (SSSR count). The van der Waals surface area contributed by atoms with E-state index in [-0.39, 0.29) is 25.4 Å². The van der Waals surface area contributed by atoms with E-state index in [0.29, 0.717) is 19.3 Å². The fourth-order valence-corrected chi connectivity index (χ4v) is 2.15. The summed E-state index contributed by atoms with van der Waals surface area (Å²) in [4.78, 5) is 55.6. The number of hydrogen-bond acceptors (Lipinski definition) is 9. The first kappa shape index (κ1) is 33.2. The number of rotatable bonds is 17. The van der Waals surface area contributed by atoms with Gasteiger partial charge in [0.2, 0.25) is 0 Å². The van der Waals surface area contributed by atoms with E-state index in [1.807, 2.05) is 20.8 Å². The Hall–Kier alpha value is -2.95. The van der Waals surface area contributed by atoms with Gasteiger partial charge < -0.3 is 29.5 Å². The van der Waals surface area contributed by atoms with Gasteiger partial charge in [-0.25, -0.2) is 9.59 Å². The van der Waals surface area contributed by atoms with Gasteiger partial charge in [-0.15, -0.1) is 0 Å². The van der Waals surface area contributed by atoms with Crippen molar-refractivity contribution in [2.24, 2.45) is 0 Å². The molecule has 0 radical (unpaired) electrons. The third kappa shape index (κ3) is 17.6. The van der Waals surface area contributed by atoms with Gasteiger partial charge in [0, 0.05) is 5.57 Å². The molecule has 11 nitrogen and oxygen atoms in total. The van der Waals surface area contributed by atoms with Gasteiger partial charge in [-0.2, -0.15) is 0 Å². The summed E-state index contributed by atoms with van der Waals surface area (Å²) in [5.74, 6) is -4.94. The highest BCUT2D eigenvalue weighted by Gasteiger charge is 2.43. The maximum absolute atomic E-state index is 12.2. The number of aliphatic hydroxyl groups is 1. The monoisotopic (exact) mass is 490 g/mol. The molecule has 0 unspecified atom stereocenters. The van der Waals surface area contributed by atoms with Crippen LogP contribution in [0.25, 0.3) is 0 Å². The van der Waals surface area contributed by atoms with Crippen molar-refractivity contribution in [2.45, 2.75) is 84.2 Å². The van der Waals surface area contributed by atoms with Crippen LogP contribution in [0.5, 0.6) is 0 Å². The summed E-state index contributed by atoms with van der Waals surface area (Å²) in [5.41, 5.74) is -2.57. The number of ether oxygens (including phenoxy) is 3. The predicted molar refractivity (Wildman–Crippen MR) is 121 cm³/mol. The second kappa shape index (κ2) is 19.5. The van der Waals surface area contributed by atoms with E-state index in [1.165, 1.54) is 0 Å². The Morgan fingerprint density at radius 3 is 1.41 bits per heavy atom. The fourth-order valence-electron chi connectivity index (χ4n) is 2.15. The number of carbonyl (C=O) groups is 5. The first-order valence-electron chi connectivity index (χ1n) is 11.3. The predicted octanol–water partition coefficient (Wildman–Crippen LogP) is 2.63. The minimum atomic E-state index is -2.26. The van der Waals surface area contributed by atoms with Crippen LogP contribution in [-0.2, 0) is 38.2 Å². The van der Waals surface area contributed by atoms with E-state index in [0.717, 1.165) is 19.3 Å². The maximum Gasteiger partial charge on any atom is 0.339 e. The second-order valence-corrected chi connectivity index (χ2v) is 7.50. The largest absolute Gasteiger partial charge is 0.481 e. The number of unbranched alkanes of at least 4 members (excludes halogenated alkanes) is 3.